The Bertz CT molecular complexity index is 182. The van der Waals surface area contributed by atoms with Gasteiger partial charge in [-0.1, -0.05) is 5.16 Å². The van der Waals surface area contributed by atoms with Crippen molar-refractivity contribution in [3.63, 3.8) is 0 Å². The lowest BCUT2D eigenvalue weighted by atomic mass is 10.1. The highest BCUT2D eigenvalue weighted by Crippen LogP contribution is 2.07. The van der Waals surface area contributed by atoms with E-state index in [-0.39, 0.29) is 0 Å². The summed E-state index contributed by atoms with van der Waals surface area (Å²) in [6, 6.07) is 0.406. The smallest absolute Gasteiger partial charge is 0.129 e. The van der Waals surface area contributed by atoms with Gasteiger partial charge in [-0.15, -0.1) is 0 Å². The largest absolute Gasteiger partial charge is 0.395 e. The van der Waals surface area contributed by atoms with E-state index in [1.807, 2.05) is 13.8 Å². The number of nitrogens with zero attached hydrogens (tertiary/aromatic N) is 2. The van der Waals surface area contributed by atoms with E-state index in [0.717, 1.165) is 38.2 Å². The molecule has 0 amide bonds. The monoisotopic (exact) mass is 199 g/mol. The summed E-state index contributed by atoms with van der Waals surface area (Å²) in [6.07, 6.45) is 2.21. The number of piperidine rings is 1. The lowest BCUT2D eigenvalue weighted by Crippen LogP contribution is -2.40. The first-order valence-corrected chi connectivity index (χ1v) is 5.29. The van der Waals surface area contributed by atoms with Crippen LogP contribution in [0, 0.1) is 0 Å². The Labute approximate surface area is 86.1 Å². The van der Waals surface area contributed by atoms with Crippen molar-refractivity contribution >= 4 is 5.71 Å². The van der Waals surface area contributed by atoms with Crippen LogP contribution >= 0.6 is 0 Å². The van der Waals surface area contributed by atoms with Crippen LogP contribution in [-0.2, 0) is 4.84 Å². The van der Waals surface area contributed by atoms with E-state index in [4.69, 9.17) is 10.6 Å². The van der Waals surface area contributed by atoms with Gasteiger partial charge >= 0.3 is 0 Å². The van der Waals surface area contributed by atoms with Gasteiger partial charge in [0.15, 0.2) is 0 Å². The summed E-state index contributed by atoms with van der Waals surface area (Å²) in [5.41, 5.74) is 6.78. The van der Waals surface area contributed by atoms with Crippen LogP contribution in [0.2, 0.25) is 0 Å². The number of rotatable bonds is 4. The minimum Gasteiger partial charge on any atom is -0.395 e. The van der Waals surface area contributed by atoms with Crippen LogP contribution in [0.3, 0.4) is 0 Å². The minimum absolute atomic E-state index is 0.406. The molecule has 1 heterocycles. The van der Waals surface area contributed by atoms with Gasteiger partial charge < -0.3 is 10.6 Å². The fraction of sp³-hybridized carbons (Fsp3) is 0.900. The summed E-state index contributed by atoms with van der Waals surface area (Å²) in [5.74, 6) is 0. The zero-order valence-electron chi connectivity index (χ0n) is 9.20. The molecule has 4 nitrogen and oxygen atoms in total. The van der Waals surface area contributed by atoms with Gasteiger partial charge in [0.25, 0.3) is 0 Å². The molecule has 82 valence electrons. The molecule has 0 unspecified atom stereocenters. The summed E-state index contributed by atoms with van der Waals surface area (Å²) >= 11 is 0. The maximum Gasteiger partial charge on any atom is 0.129 e. The molecule has 2 N–H and O–H groups in total. The van der Waals surface area contributed by atoms with Gasteiger partial charge in [-0.25, -0.2) is 0 Å². The molecule has 1 rings (SSSR count). The second-order valence-corrected chi connectivity index (χ2v) is 4.05. The predicted molar refractivity (Wildman–Crippen MR) is 58.4 cm³/mol. The lowest BCUT2D eigenvalue weighted by molar-refractivity contribution is 0.0995. The van der Waals surface area contributed by atoms with Gasteiger partial charge in [0.2, 0.25) is 0 Å². The van der Waals surface area contributed by atoms with Crippen molar-refractivity contribution < 1.29 is 4.84 Å². The molecule has 1 saturated heterocycles. The van der Waals surface area contributed by atoms with Crippen molar-refractivity contribution in [1.29, 1.82) is 0 Å². The Balaban J connectivity index is 2.05. The Morgan fingerprint density at radius 2 is 2.07 bits per heavy atom. The fourth-order valence-electron chi connectivity index (χ4n) is 1.52. The van der Waals surface area contributed by atoms with Crippen molar-refractivity contribution in [3.8, 4) is 0 Å². The Hall–Kier alpha value is -0.610. The molecule has 0 aromatic rings. The third-order valence-corrected chi connectivity index (χ3v) is 2.38. The predicted octanol–water partition coefficient (Wildman–Crippen LogP) is 0.822. The van der Waals surface area contributed by atoms with Gasteiger partial charge in [0, 0.05) is 12.6 Å². The van der Waals surface area contributed by atoms with E-state index < -0.39 is 0 Å². The molecule has 1 aliphatic heterocycles. The molecular formula is C10H21N3O. The molecule has 14 heavy (non-hydrogen) atoms. The zero-order chi connectivity index (χ0) is 10.4. The average Bonchev–Trinajstić information content (AvgIpc) is 2.15. The third kappa shape index (κ3) is 4.58. The van der Waals surface area contributed by atoms with Gasteiger partial charge in [-0.05, 0) is 39.8 Å². The van der Waals surface area contributed by atoms with Crippen molar-refractivity contribution in [3.05, 3.63) is 0 Å². The van der Waals surface area contributed by atoms with E-state index in [1.54, 1.807) is 0 Å². The summed E-state index contributed by atoms with van der Waals surface area (Å²) in [6.45, 7) is 7.70. The molecule has 1 aliphatic rings. The topological polar surface area (TPSA) is 50.8 Å². The molecule has 0 saturated carbocycles. The second-order valence-electron chi connectivity index (χ2n) is 4.05. The Morgan fingerprint density at radius 3 is 2.64 bits per heavy atom. The van der Waals surface area contributed by atoms with Crippen LogP contribution in [-0.4, -0.2) is 42.9 Å². The molecule has 0 aliphatic carbocycles. The quantitative estimate of drug-likeness (QED) is 0.414. The summed E-state index contributed by atoms with van der Waals surface area (Å²) in [7, 11) is 0. The molecule has 0 radical (unpaired) electrons. The molecule has 0 bridgehead atoms. The van der Waals surface area contributed by atoms with Gasteiger partial charge in [0.1, 0.15) is 6.61 Å². The van der Waals surface area contributed by atoms with Crippen LogP contribution in [0.25, 0.3) is 0 Å². The van der Waals surface area contributed by atoms with Gasteiger partial charge in [0.05, 0.1) is 5.71 Å². The SMILES string of the molecule is CC(C)=NOCCN1CCC(N)CC1. The summed E-state index contributed by atoms with van der Waals surface area (Å²) in [5, 5.41) is 3.89. The minimum atomic E-state index is 0.406. The van der Waals surface area contributed by atoms with E-state index in [1.165, 1.54) is 0 Å². The number of oxime groups is 1. The molecular weight excluding hydrogens is 178 g/mol. The van der Waals surface area contributed by atoms with Crippen molar-refractivity contribution in [2.24, 2.45) is 10.9 Å². The van der Waals surface area contributed by atoms with Gasteiger partial charge in [-0.3, -0.25) is 4.90 Å². The first-order valence-electron chi connectivity index (χ1n) is 5.29. The summed E-state index contributed by atoms with van der Waals surface area (Å²) < 4.78 is 0. The Morgan fingerprint density at radius 1 is 1.43 bits per heavy atom. The molecule has 0 spiro atoms. The standard InChI is InChI=1S/C10H21N3O/c1-9(2)12-14-8-7-13-5-3-10(11)4-6-13/h10H,3-8,11H2,1-2H3. The zero-order valence-corrected chi connectivity index (χ0v) is 9.20. The van der Waals surface area contributed by atoms with Crippen LogP contribution in [0.5, 0.6) is 0 Å². The maximum absolute atomic E-state index is 5.81. The van der Waals surface area contributed by atoms with Crippen LogP contribution in [0.15, 0.2) is 5.16 Å². The first-order chi connectivity index (χ1) is 6.68. The highest BCUT2D eigenvalue weighted by Gasteiger charge is 2.15. The Kier molecular flexibility index (Phi) is 4.90. The van der Waals surface area contributed by atoms with Crippen LogP contribution in [0.1, 0.15) is 26.7 Å². The lowest BCUT2D eigenvalue weighted by Gasteiger charge is -2.29. The number of hydrogen-bond donors (Lipinski definition) is 1. The average molecular weight is 199 g/mol. The first kappa shape index (κ1) is 11.5. The van der Waals surface area contributed by atoms with Gasteiger partial charge in [-0.2, -0.15) is 0 Å². The van der Waals surface area contributed by atoms with E-state index in [9.17, 15) is 0 Å². The maximum atomic E-state index is 5.81. The fourth-order valence-corrected chi connectivity index (χ4v) is 1.52. The van der Waals surface area contributed by atoms with E-state index in [2.05, 4.69) is 10.1 Å². The van der Waals surface area contributed by atoms with Crippen LogP contribution in [0.4, 0.5) is 0 Å². The number of nitrogens with two attached hydrogens (primary N) is 1. The normalized spacial score (nSPS) is 19.4. The highest BCUT2D eigenvalue weighted by atomic mass is 16.6. The molecule has 0 aromatic carbocycles. The van der Waals surface area contributed by atoms with Crippen molar-refractivity contribution in [1.82, 2.24) is 4.90 Å². The second kappa shape index (κ2) is 5.98. The van der Waals surface area contributed by atoms with E-state index >= 15 is 0 Å². The molecule has 0 aromatic heterocycles. The number of hydrogen-bond acceptors (Lipinski definition) is 4. The highest BCUT2D eigenvalue weighted by molar-refractivity contribution is 5.78. The molecule has 0 atom stereocenters. The molecule has 4 heteroatoms. The van der Waals surface area contributed by atoms with E-state index in [0.29, 0.717) is 12.6 Å². The van der Waals surface area contributed by atoms with Crippen molar-refractivity contribution in [2.45, 2.75) is 32.7 Å². The molecule has 1 fully saturated rings. The van der Waals surface area contributed by atoms with Crippen LogP contribution < -0.4 is 5.73 Å². The summed E-state index contributed by atoms with van der Waals surface area (Å²) in [4.78, 5) is 7.52. The third-order valence-electron chi connectivity index (χ3n) is 2.38. The van der Waals surface area contributed by atoms with Crippen molar-refractivity contribution in [2.75, 3.05) is 26.2 Å². The number of likely N-dealkylation sites (tertiary alicyclic amines) is 1.